The average Bonchev–Trinajstić information content (AvgIpc) is 3.37. The van der Waals surface area contributed by atoms with Gasteiger partial charge in [-0.3, -0.25) is 4.90 Å². The average molecular weight is 404 g/mol. The number of ether oxygens (including phenoxy) is 1. The molecular weight excluding hydrogens is 385 g/mol. The highest BCUT2D eigenvalue weighted by Crippen LogP contribution is 2.34. The van der Waals surface area contributed by atoms with Crippen molar-refractivity contribution in [1.29, 1.82) is 0 Å². The van der Waals surface area contributed by atoms with Crippen LogP contribution in [0.5, 0.6) is 5.88 Å². The molecule has 0 spiro atoms. The van der Waals surface area contributed by atoms with Gasteiger partial charge in [-0.05, 0) is 43.1 Å². The van der Waals surface area contributed by atoms with Crippen LogP contribution in [0.1, 0.15) is 35.9 Å². The number of alkyl halides is 3. The highest BCUT2D eigenvalue weighted by molar-refractivity contribution is 5.53. The monoisotopic (exact) mass is 404 g/mol. The van der Waals surface area contributed by atoms with Crippen molar-refractivity contribution >= 4 is 0 Å². The van der Waals surface area contributed by atoms with E-state index in [-0.39, 0.29) is 6.04 Å². The van der Waals surface area contributed by atoms with E-state index >= 15 is 0 Å². The molecule has 9 heteroatoms. The number of aromatic nitrogens is 3. The highest BCUT2D eigenvalue weighted by Gasteiger charge is 2.32. The Hall–Kier alpha value is -2.94. The van der Waals surface area contributed by atoms with E-state index in [2.05, 4.69) is 20.0 Å². The molecule has 6 nitrogen and oxygen atoms in total. The van der Waals surface area contributed by atoms with Gasteiger partial charge in [-0.25, -0.2) is 4.98 Å². The van der Waals surface area contributed by atoms with Gasteiger partial charge in [0.2, 0.25) is 17.6 Å². The normalized spacial score (nSPS) is 17.6. The van der Waals surface area contributed by atoms with Crippen LogP contribution in [0.4, 0.5) is 13.2 Å². The summed E-state index contributed by atoms with van der Waals surface area (Å²) in [5.41, 5.74) is 0.881. The standard InChI is InChI=1S/C20H19F3N4O2/c1-28-17-9-6-14(11-24-17)18-25-19(29-26-18)16-3-2-10-27(16)12-13-4-7-15(8-5-13)20(21,22)23/h4-9,11,16H,2-3,10,12H2,1H3/t16-/m1/s1. The molecule has 0 unspecified atom stereocenters. The predicted molar refractivity (Wildman–Crippen MR) is 97.9 cm³/mol. The van der Waals surface area contributed by atoms with E-state index in [9.17, 15) is 13.2 Å². The molecule has 0 amide bonds. The van der Waals surface area contributed by atoms with E-state index in [1.54, 1.807) is 25.4 Å². The van der Waals surface area contributed by atoms with Gasteiger partial charge in [-0.2, -0.15) is 18.2 Å². The lowest BCUT2D eigenvalue weighted by Gasteiger charge is -2.21. The van der Waals surface area contributed by atoms with Gasteiger partial charge in [-0.1, -0.05) is 17.3 Å². The van der Waals surface area contributed by atoms with Crippen molar-refractivity contribution in [3.63, 3.8) is 0 Å². The molecule has 152 valence electrons. The molecule has 0 aliphatic carbocycles. The fraction of sp³-hybridized carbons (Fsp3) is 0.350. The maximum Gasteiger partial charge on any atom is 0.416 e. The van der Waals surface area contributed by atoms with E-state index < -0.39 is 11.7 Å². The van der Waals surface area contributed by atoms with Crippen LogP contribution < -0.4 is 4.74 Å². The topological polar surface area (TPSA) is 64.3 Å². The van der Waals surface area contributed by atoms with Crippen molar-refractivity contribution in [3.8, 4) is 17.3 Å². The number of hydrogen-bond donors (Lipinski definition) is 0. The van der Waals surface area contributed by atoms with Crippen LogP contribution in [0.15, 0.2) is 47.1 Å². The van der Waals surface area contributed by atoms with Gasteiger partial charge >= 0.3 is 6.18 Å². The first-order valence-corrected chi connectivity index (χ1v) is 9.18. The molecule has 29 heavy (non-hydrogen) atoms. The molecule has 0 bridgehead atoms. The Bertz CT molecular complexity index is 955. The maximum absolute atomic E-state index is 12.7. The third-order valence-electron chi connectivity index (χ3n) is 4.96. The number of likely N-dealkylation sites (tertiary alicyclic amines) is 1. The summed E-state index contributed by atoms with van der Waals surface area (Å²) in [6, 6.07) is 8.71. The SMILES string of the molecule is COc1ccc(-c2noc([C@H]3CCCN3Cc3ccc(C(F)(F)F)cc3)n2)cn1. The summed E-state index contributed by atoms with van der Waals surface area (Å²) in [4.78, 5) is 10.8. The molecule has 3 heterocycles. The van der Waals surface area contributed by atoms with Crippen molar-refractivity contribution in [2.75, 3.05) is 13.7 Å². The van der Waals surface area contributed by atoms with E-state index in [1.807, 2.05) is 0 Å². The molecule has 3 aromatic rings. The first-order valence-electron chi connectivity index (χ1n) is 9.18. The molecule has 2 aromatic heterocycles. The second-order valence-corrected chi connectivity index (χ2v) is 6.87. The van der Waals surface area contributed by atoms with Crippen LogP contribution in [0.25, 0.3) is 11.4 Å². The molecule has 0 saturated carbocycles. The number of methoxy groups -OCH3 is 1. The molecule has 1 atom stereocenters. The number of rotatable bonds is 5. The van der Waals surface area contributed by atoms with Crippen LogP contribution in [0, 0.1) is 0 Å². The van der Waals surface area contributed by atoms with Crippen LogP contribution >= 0.6 is 0 Å². The third-order valence-corrected chi connectivity index (χ3v) is 4.96. The summed E-state index contributed by atoms with van der Waals surface area (Å²) in [5.74, 6) is 1.44. The lowest BCUT2D eigenvalue weighted by atomic mass is 10.1. The predicted octanol–water partition coefficient (Wildman–Crippen LogP) is 4.50. The first-order chi connectivity index (χ1) is 13.9. The summed E-state index contributed by atoms with van der Waals surface area (Å²) in [6.45, 7) is 1.33. The first kappa shape index (κ1) is 19.4. The largest absolute Gasteiger partial charge is 0.481 e. The van der Waals surface area contributed by atoms with Gasteiger partial charge in [0.25, 0.3) is 0 Å². The Kier molecular flexibility index (Phi) is 5.23. The molecular formula is C20H19F3N4O2. The lowest BCUT2D eigenvalue weighted by Crippen LogP contribution is -2.23. The fourth-order valence-corrected chi connectivity index (χ4v) is 3.45. The quantitative estimate of drug-likeness (QED) is 0.624. The minimum absolute atomic E-state index is 0.0650. The van der Waals surface area contributed by atoms with Gasteiger partial charge in [-0.15, -0.1) is 0 Å². The minimum Gasteiger partial charge on any atom is -0.481 e. The van der Waals surface area contributed by atoms with Crippen molar-refractivity contribution < 1.29 is 22.4 Å². The second-order valence-electron chi connectivity index (χ2n) is 6.87. The molecule has 0 N–H and O–H groups in total. The van der Waals surface area contributed by atoms with E-state index in [4.69, 9.17) is 9.26 Å². The number of nitrogens with zero attached hydrogens (tertiary/aromatic N) is 4. The van der Waals surface area contributed by atoms with Crippen LogP contribution in [0.2, 0.25) is 0 Å². The van der Waals surface area contributed by atoms with Crippen molar-refractivity contribution in [2.45, 2.75) is 31.6 Å². The Morgan fingerprint density at radius 3 is 2.62 bits per heavy atom. The zero-order valence-corrected chi connectivity index (χ0v) is 15.7. The molecule has 1 aromatic carbocycles. The Morgan fingerprint density at radius 1 is 1.17 bits per heavy atom. The minimum atomic E-state index is -4.33. The summed E-state index contributed by atoms with van der Waals surface area (Å²) < 4.78 is 48.8. The van der Waals surface area contributed by atoms with Crippen molar-refractivity contribution in [1.82, 2.24) is 20.0 Å². The Labute approximate surface area is 165 Å². The van der Waals surface area contributed by atoms with Crippen LogP contribution in [-0.2, 0) is 12.7 Å². The maximum atomic E-state index is 12.7. The third kappa shape index (κ3) is 4.24. The summed E-state index contributed by atoms with van der Waals surface area (Å²) >= 11 is 0. The molecule has 1 fully saturated rings. The Morgan fingerprint density at radius 2 is 1.97 bits per heavy atom. The zero-order chi connectivity index (χ0) is 20.4. The van der Waals surface area contributed by atoms with E-state index in [1.165, 1.54) is 12.1 Å². The molecule has 4 rings (SSSR count). The number of halogens is 3. The van der Waals surface area contributed by atoms with E-state index in [0.717, 1.165) is 37.1 Å². The smallest absolute Gasteiger partial charge is 0.416 e. The van der Waals surface area contributed by atoms with Gasteiger partial charge in [0.15, 0.2) is 0 Å². The summed E-state index contributed by atoms with van der Waals surface area (Å²) in [6.07, 6.45) is -0.913. The summed E-state index contributed by atoms with van der Waals surface area (Å²) in [7, 11) is 1.54. The zero-order valence-electron chi connectivity index (χ0n) is 15.7. The second kappa shape index (κ2) is 7.82. The van der Waals surface area contributed by atoms with E-state index in [0.29, 0.717) is 29.7 Å². The van der Waals surface area contributed by atoms with Gasteiger partial charge < -0.3 is 9.26 Å². The van der Waals surface area contributed by atoms with Crippen LogP contribution in [-0.4, -0.2) is 33.7 Å². The lowest BCUT2D eigenvalue weighted by molar-refractivity contribution is -0.137. The summed E-state index contributed by atoms with van der Waals surface area (Å²) in [5, 5.41) is 4.05. The molecule has 1 aliphatic heterocycles. The fourth-order valence-electron chi connectivity index (χ4n) is 3.45. The number of hydrogen-bond acceptors (Lipinski definition) is 6. The van der Waals surface area contributed by atoms with Crippen molar-refractivity contribution in [2.24, 2.45) is 0 Å². The molecule has 0 radical (unpaired) electrons. The van der Waals surface area contributed by atoms with Crippen molar-refractivity contribution in [3.05, 3.63) is 59.6 Å². The number of benzene rings is 1. The number of pyridine rings is 1. The van der Waals surface area contributed by atoms with Gasteiger partial charge in [0.1, 0.15) is 0 Å². The molecule has 1 saturated heterocycles. The van der Waals surface area contributed by atoms with Gasteiger partial charge in [0.05, 0.1) is 18.7 Å². The van der Waals surface area contributed by atoms with Gasteiger partial charge in [0, 0.05) is 24.4 Å². The highest BCUT2D eigenvalue weighted by atomic mass is 19.4. The van der Waals surface area contributed by atoms with Crippen LogP contribution in [0.3, 0.4) is 0 Å². The molecule has 1 aliphatic rings. The Balaban J connectivity index is 1.48.